The highest BCUT2D eigenvalue weighted by molar-refractivity contribution is 6.00. The van der Waals surface area contributed by atoms with E-state index in [1.54, 1.807) is 31.2 Å². The first-order valence-corrected chi connectivity index (χ1v) is 15.2. The van der Waals surface area contributed by atoms with Crippen molar-refractivity contribution >= 4 is 40.5 Å². The van der Waals surface area contributed by atoms with Crippen LogP contribution >= 0.6 is 0 Å². The lowest BCUT2D eigenvalue weighted by Crippen LogP contribution is -2.35. The first-order chi connectivity index (χ1) is 22.5. The van der Waals surface area contributed by atoms with Crippen LogP contribution in [0.4, 0.5) is 42.0 Å². The van der Waals surface area contributed by atoms with Gasteiger partial charge in [-0.3, -0.25) is 9.59 Å². The van der Waals surface area contributed by atoms with Crippen molar-refractivity contribution in [1.29, 1.82) is 0 Å². The molecule has 47 heavy (non-hydrogen) atoms. The average Bonchev–Trinajstić information content (AvgIpc) is 3.07. The summed E-state index contributed by atoms with van der Waals surface area (Å²) < 4.78 is 41.5. The number of aromatic nitrogens is 2. The quantitative estimate of drug-likeness (QED) is 0.127. The van der Waals surface area contributed by atoms with E-state index in [1.807, 2.05) is 24.3 Å². The molecular weight excluding hydrogens is 607 g/mol. The van der Waals surface area contributed by atoms with Crippen molar-refractivity contribution in [2.45, 2.75) is 38.4 Å². The number of halogens is 3. The van der Waals surface area contributed by atoms with E-state index in [-0.39, 0.29) is 23.0 Å². The molecule has 4 N–H and O–H groups in total. The molecule has 244 valence electrons. The molecule has 0 radical (unpaired) electrons. The Morgan fingerprint density at radius 1 is 1.00 bits per heavy atom. The van der Waals surface area contributed by atoms with Crippen molar-refractivity contribution < 1.29 is 22.8 Å². The number of allylic oxidation sites excluding steroid dienone is 1. The van der Waals surface area contributed by atoms with Crippen LogP contribution in [0, 0.1) is 0 Å². The summed E-state index contributed by atoms with van der Waals surface area (Å²) in [4.78, 5) is 34.1. The normalized spacial score (nSPS) is 14.7. The Balaban J connectivity index is 1.24. The zero-order valence-electron chi connectivity index (χ0n) is 26.1. The number of carbonyl (C=O) groups excluding carboxylic acids is 2. The van der Waals surface area contributed by atoms with Crippen molar-refractivity contribution in [3.05, 3.63) is 114 Å². The maximum absolute atomic E-state index is 13.8. The molecule has 1 aliphatic heterocycles. The van der Waals surface area contributed by atoms with Crippen LogP contribution in [0.1, 0.15) is 52.7 Å². The van der Waals surface area contributed by atoms with Crippen molar-refractivity contribution in [3.8, 4) is 0 Å². The summed E-state index contributed by atoms with van der Waals surface area (Å²) in [5.74, 6) is -0.685. The van der Waals surface area contributed by atoms with E-state index in [9.17, 15) is 22.8 Å². The molecule has 1 aliphatic rings. The third-order valence-corrected chi connectivity index (χ3v) is 8.02. The fourth-order valence-corrected chi connectivity index (χ4v) is 5.46. The number of para-hydroxylation sites is 1. The second-order valence-corrected chi connectivity index (χ2v) is 11.3. The van der Waals surface area contributed by atoms with Crippen molar-refractivity contribution in [2.75, 3.05) is 36.1 Å². The molecule has 1 fully saturated rings. The number of ketones is 1. The number of rotatable bonds is 11. The molecule has 3 aromatic carbocycles. The van der Waals surface area contributed by atoms with Gasteiger partial charge < -0.3 is 26.2 Å². The minimum atomic E-state index is -4.72. The smallest absolute Gasteiger partial charge is 0.381 e. The summed E-state index contributed by atoms with van der Waals surface area (Å²) in [6.07, 6.45) is -1.98. The standard InChI is InChI=1S/C35H36F3N7O2/c1-22(23(2)46)45-17-7-9-26(21-45)25-8-6-10-28(18-25)40-19-24-13-15-27(16-14-24)42-34-41-20-30(35(36,37)38)32(44-34)43-31-12-5-4-11-29(31)33(47)39-3/h4-6,8,10-16,18,20,26,40H,1,7,9,17,19,21H2,2-3H3,(H,39,47)(H2,41,42,43,44). The predicted octanol–water partition coefficient (Wildman–Crippen LogP) is 7.24. The third-order valence-electron chi connectivity index (χ3n) is 8.02. The molecule has 0 aliphatic carbocycles. The van der Waals surface area contributed by atoms with Gasteiger partial charge in [0.05, 0.1) is 16.9 Å². The van der Waals surface area contributed by atoms with Crippen LogP contribution in [0.2, 0.25) is 0 Å². The predicted molar refractivity (Wildman–Crippen MR) is 177 cm³/mol. The molecule has 12 heteroatoms. The number of hydrogen-bond donors (Lipinski definition) is 4. The molecule has 0 spiro atoms. The minimum absolute atomic E-state index is 0.00316. The minimum Gasteiger partial charge on any atom is -0.381 e. The van der Waals surface area contributed by atoms with E-state index in [1.165, 1.54) is 24.7 Å². The van der Waals surface area contributed by atoms with Gasteiger partial charge in [-0.15, -0.1) is 0 Å². The number of alkyl halides is 3. The molecule has 1 amide bonds. The zero-order chi connectivity index (χ0) is 33.6. The van der Waals surface area contributed by atoms with E-state index in [4.69, 9.17) is 0 Å². The Labute approximate surface area is 271 Å². The van der Waals surface area contributed by atoms with Crippen molar-refractivity contribution in [2.24, 2.45) is 0 Å². The van der Waals surface area contributed by atoms with Crippen LogP contribution in [0.5, 0.6) is 0 Å². The molecule has 2 heterocycles. The van der Waals surface area contributed by atoms with Gasteiger partial charge in [-0.1, -0.05) is 43.0 Å². The fraction of sp³-hybridized carbons (Fsp3) is 0.257. The maximum Gasteiger partial charge on any atom is 0.421 e. The summed E-state index contributed by atoms with van der Waals surface area (Å²) in [7, 11) is 1.44. The van der Waals surface area contributed by atoms with E-state index >= 15 is 0 Å². The summed E-state index contributed by atoms with van der Waals surface area (Å²) in [5.41, 5.74) is 3.59. The fourth-order valence-electron chi connectivity index (χ4n) is 5.46. The Morgan fingerprint density at radius 2 is 1.77 bits per heavy atom. The SMILES string of the molecule is C=C(C(C)=O)N1CCCC(c2cccc(NCc3ccc(Nc4ncc(C(F)(F)F)c(Nc5ccccc5C(=O)NC)n4)cc3)c2)C1. The molecule has 1 unspecified atom stereocenters. The molecule has 1 saturated heterocycles. The van der Waals surface area contributed by atoms with Gasteiger partial charge >= 0.3 is 6.18 Å². The second-order valence-electron chi connectivity index (χ2n) is 11.3. The molecule has 9 nitrogen and oxygen atoms in total. The summed E-state index contributed by atoms with van der Waals surface area (Å²) >= 11 is 0. The van der Waals surface area contributed by atoms with Gasteiger partial charge in [0.2, 0.25) is 5.95 Å². The van der Waals surface area contributed by atoms with Crippen LogP contribution in [0.25, 0.3) is 0 Å². The summed E-state index contributed by atoms with van der Waals surface area (Å²) in [6, 6.07) is 21.9. The highest BCUT2D eigenvalue weighted by Crippen LogP contribution is 2.36. The van der Waals surface area contributed by atoms with Crippen LogP contribution in [0.3, 0.4) is 0 Å². The van der Waals surface area contributed by atoms with Gasteiger partial charge in [-0.2, -0.15) is 18.2 Å². The average molecular weight is 644 g/mol. The zero-order valence-corrected chi connectivity index (χ0v) is 26.1. The van der Waals surface area contributed by atoms with Gasteiger partial charge in [-0.25, -0.2) is 4.98 Å². The van der Waals surface area contributed by atoms with Crippen LogP contribution in [0.15, 0.2) is 91.3 Å². The monoisotopic (exact) mass is 643 g/mol. The van der Waals surface area contributed by atoms with Gasteiger partial charge in [0, 0.05) is 57.1 Å². The van der Waals surface area contributed by atoms with Crippen LogP contribution in [-0.4, -0.2) is 46.7 Å². The Kier molecular flexibility index (Phi) is 10.1. The number of Topliss-reactive ketones (excluding diaryl/α,β-unsaturated/α-hetero) is 1. The topological polar surface area (TPSA) is 111 Å². The molecule has 5 rings (SSSR count). The number of hydrogen-bond acceptors (Lipinski definition) is 8. The molecule has 4 aromatic rings. The number of piperidine rings is 1. The maximum atomic E-state index is 13.8. The number of anilines is 5. The first-order valence-electron chi connectivity index (χ1n) is 15.2. The number of amides is 1. The van der Waals surface area contributed by atoms with E-state index in [0.717, 1.165) is 37.2 Å². The van der Waals surface area contributed by atoms with Gasteiger partial charge in [0.25, 0.3) is 5.91 Å². The molecule has 0 saturated carbocycles. The van der Waals surface area contributed by atoms with Crippen LogP contribution in [-0.2, 0) is 17.5 Å². The summed E-state index contributed by atoms with van der Waals surface area (Å²) in [6.45, 7) is 7.66. The third kappa shape index (κ3) is 8.26. The number of nitrogens with one attached hydrogen (secondary N) is 4. The molecule has 1 atom stereocenters. The van der Waals surface area contributed by atoms with Gasteiger partial charge in [0.1, 0.15) is 11.4 Å². The number of nitrogens with zero attached hydrogens (tertiary/aromatic N) is 3. The van der Waals surface area contributed by atoms with Crippen LogP contribution < -0.4 is 21.3 Å². The molecule has 1 aromatic heterocycles. The van der Waals surface area contributed by atoms with E-state index in [0.29, 0.717) is 30.0 Å². The lowest BCUT2D eigenvalue weighted by atomic mass is 9.90. The lowest BCUT2D eigenvalue weighted by Gasteiger charge is -2.35. The van der Waals surface area contributed by atoms with Crippen molar-refractivity contribution in [1.82, 2.24) is 20.2 Å². The number of benzene rings is 3. The Morgan fingerprint density at radius 3 is 2.49 bits per heavy atom. The van der Waals surface area contributed by atoms with Crippen molar-refractivity contribution in [3.63, 3.8) is 0 Å². The number of likely N-dealkylation sites (tertiary alicyclic amines) is 1. The summed E-state index contributed by atoms with van der Waals surface area (Å²) in [5, 5.41) is 11.6. The number of carbonyl (C=O) groups is 2. The lowest BCUT2D eigenvalue weighted by molar-refractivity contribution is -0.137. The second kappa shape index (κ2) is 14.4. The Bertz CT molecular complexity index is 1760. The first kappa shape index (κ1) is 33.0. The van der Waals surface area contributed by atoms with E-state index < -0.39 is 23.5 Å². The molecule has 0 bridgehead atoms. The highest BCUT2D eigenvalue weighted by Gasteiger charge is 2.35. The molecular formula is C35H36F3N7O2. The van der Waals surface area contributed by atoms with Gasteiger partial charge in [0.15, 0.2) is 5.78 Å². The van der Waals surface area contributed by atoms with Gasteiger partial charge in [-0.05, 0) is 60.4 Å². The highest BCUT2D eigenvalue weighted by atomic mass is 19.4. The van der Waals surface area contributed by atoms with E-state index in [2.05, 4.69) is 54.8 Å². The Hall–Kier alpha value is -5.39. The largest absolute Gasteiger partial charge is 0.421 e.